The standard InChI is InChI=1S/C22H25FN2O5/c1-3-29-19-11-14-9-10-25(22(28)24-17-8-6-5-7-16(17)23)18(13-21(26)27)15(14)12-20(19)30-4-2/h5-8,11-12,18H,3-4,9-10,13H2,1-2H3,(H,24,28)(H,26,27). The maximum atomic E-state index is 14.0. The van der Waals surface area contributed by atoms with Gasteiger partial charge in [-0.3, -0.25) is 4.79 Å². The minimum absolute atomic E-state index is 0.0454. The summed E-state index contributed by atoms with van der Waals surface area (Å²) in [6.45, 7) is 4.90. The zero-order valence-electron chi connectivity index (χ0n) is 17.0. The molecule has 8 heteroatoms. The number of urea groups is 1. The van der Waals surface area contributed by atoms with Gasteiger partial charge in [0.2, 0.25) is 0 Å². The maximum Gasteiger partial charge on any atom is 0.322 e. The van der Waals surface area contributed by atoms with Crippen LogP contribution in [0.5, 0.6) is 11.5 Å². The molecule has 0 spiro atoms. The molecule has 0 saturated carbocycles. The van der Waals surface area contributed by atoms with Crippen LogP contribution >= 0.6 is 0 Å². The summed E-state index contributed by atoms with van der Waals surface area (Å²) in [5.74, 6) is -0.497. The first-order valence-electron chi connectivity index (χ1n) is 9.90. The van der Waals surface area contributed by atoms with Gasteiger partial charge in [0.1, 0.15) is 5.82 Å². The predicted octanol–water partition coefficient (Wildman–Crippen LogP) is 4.23. The highest BCUT2D eigenvalue weighted by atomic mass is 19.1. The number of ether oxygens (including phenoxy) is 2. The van der Waals surface area contributed by atoms with Gasteiger partial charge < -0.3 is 24.8 Å². The summed E-state index contributed by atoms with van der Waals surface area (Å²) in [4.78, 5) is 25.9. The Morgan fingerprint density at radius 1 is 1.17 bits per heavy atom. The van der Waals surface area contributed by atoms with Gasteiger partial charge in [0.15, 0.2) is 11.5 Å². The largest absolute Gasteiger partial charge is 0.490 e. The lowest BCUT2D eigenvalue weighted by Gasteiger charge is -2.37. The number of amides is 2. The molecule has 160 valence electrons. The van der Waals surface area contributed by atoms with Gasteiger partial charge in [-0.2, -0.15) is 0 Å². The number of halogens is 1. The highest BCUT2D eigenvalue weighted by Gasteiger charge is 2.34. The molecule has 30 heavy (non-hydrogen) atoms. The van der Waals surface area contributed by atoms with E-state index >= 15 is 0 Å². The second kappa shape index (κ2) is 9.47. The van der Waals surface area contributed by atoms with Gasteiger partial charge in [-0.25, -0.2) is 9.18 Å². The van der Waals surface area contributed by atoms with Crippen molar-refractivity contribution in [2.24, 2.45) is 0 Å². The van der Waals surface area contributed by atoms with E-state index in [0.717, 1.165) is 5.56 Å². The third-order valence-corrected chi connectivity index (χ3v) is 4.91. The zero-order chi connectivity index (χ0) is 21.7. The molecule has 0 aliphatic carbocycles. The average Bonchev–Trinajstić information content (AvgIpc) is 2.70. The minimum atomic E-state index is -1.04. The lowest BCUT2D eigenvalue weighted by atomic mass is 9.90. The number of carboxylic acids is 1. The highest BCUT2D eigenvalue weighted by molar-refractivity contribution is 5.90. The van der Waals surface area contributed by atoms with E-state index < -0.39 is 23.9 Å². The number of rotatable bonds is 7. The van der Waals surface area contributed by atoms with Crippen LogP contribution in [0.25, 0.3) is 0 Å². The highest BCUT2D eigenvalue weighted by Crippen LogP contribution is 2.40. The van der Waals surface area contributed by atoms with Crippen LogP contribution in [-0.4, -0.2) is 41.8 Å². The van der Waals surface area contributed by atoms with Crippen LogP contribution in [0.2, 0.25) is 0 Å². The molecule has 1 unspecified atom stereocenters. The van der Waals surface area contributed by atoms with Crippen molar-refractivity contribution in [2.45, 2.75) is 32.7 Å². The number of hydrogen-bond donors (Lipinski definition) is 2. The fourth-order valence-electron chi connectivity index (χ4n) is 3.62. The van der Waals surface area contributed by atoms with E-state index in [9.17, 15) is 19.1 Å². The summed E-state index contributed by atoms with van der Waals surface area (Å²) >= 11 is 0. The number of fused-ring (bicyclic) bond motifs is 1. The van der Waals surface area contributed by atoms with Gasteiger partial charge in [0.05, 0.1) is 31.4 Å². The first kappa shape index (κ1) is 21.4. The molecule has 3 rings (SSSR count). The van der Waals surface area contributed by atoms with Crippen molar-refractivity contribution in [2.75, 3.05) is 25.1 Å². The molecule has 2 aromatic carbocycles. The average molecular weight is 416 g/mol. The molecule has 7 nitrogen and oxygen atoms in total. The van der Waals surface area contributed by atoms with Crippen LogP contribution < -0.4 is 14.8 Å². The number of carbonyl (C=O) groups excluding carboxylic acids is 1. The molecule has 0 bridgehead atoms. The number of nitrogens with one attached hydrogen (secondary N) is 1. The van der Waals surface area contributed by atoms with Crippen LogP contribution in [0.15, 0.2) is 36.4 Å². The van der Waals surface area contributed by atoms with Crippen LogP contribution in [0.1, 0.15) is 37.4 Å². The molecule has 1 atom stereocenters. The molecule has 0 fully saturated rings. The van der Waals surface area contributed by atoms with Crippen molar-refractivity contribution in [3.05, 3.63) is 53.3 Å². The zero-order valence-corrected chi connectivity index (χ0v) is 17.0. The number of aliphatic carboxylic acids is 1. The van der Waals surface area contributed by atoms with Gasteiger partial charge in [0, 0.05) is 6.54 Å². The van der Waals surface area contributed by atoms with Gasteiger partial charge in [-0.05, 0) is 55.7 Å². The van der Waals surface area contributed by atoms with Crippen LogP contribution in [-0.2, 0) is 11.2 Å². The summed E-state index contributed by atoms with van der Waals surface area (Å²) in [6.07, 6.45) is 0.236. The fraction of sp³-hybridized carbons (Fsp3) is 0.364. The van der Waals surface area contributed by atoms with Gasteiger partial charge in [-0.1, -0.05) is 12.1 Å². The third kappa shape index (κ3) is 4.64. The maximum absolute atomic E-state index is 14.0. The number of carbonyl (C=O) groups is 2. The summed E-state index contributed by atoms with van der Waals surface area (Å²) in [5.41, 5.74) is 1.64. The van der Waals surface area contributed by atoms with Crippen molar-refractivity contribution < 1.29 is 28.6 Å². The Kier molecular flexibility index (Phi) is 6.76. The Hall–Kier alpha value is -3.29. The van der Waals surface area contributed by atoms with E-state index in [4.69, 9.17) is 9.47 Å². The first-order chi connectivity index (χ1) is 14.4. The van der Waals surface area contributed by atoms with Crippen molar-refractivity contribution in [3.63, 3.8) is 0 Å². The van der Waals surface area contributed by atoms with E-state index in [1.54, 1.807) is 12.1 Å². The van der Waals surface area contributed by atoms with E-state index in [1.807, 2.05) is 19.9 Å². The second-order valence-electron chi connectivity index (χ2n) is 6.83. The monoisotopic (exact) mass is 416 g/mol. The van der Waals surface area contributed by atoms with E-state index in [-0.39, 0.29) is 12.1 Å². The molecular weight excluding hydrogens is 391 g/mol. The lowest BCUT2D eigenvalue weighted by Crippen LogP contribution is -2.43. The number of benzene rings is 2. The molecule has 2 N–H and O–H groups in total. The van der Waals surface area contributed by atoms with Crippen LogP contribution in [0.3, 0.4) is 0 Å². The normalized spacial score (nSPS) is 15.3. The van der Waals surface area contributed by atoms with E-state index in [2.05, 4.69) is 5.32 Å². The van der Waals surface area contributed by atoms with Crippen LogP contribution in [0, 0.1) is 5.82 Å². The molecule has 0 radical (unpaired) electrons. The smallest absolute Gasteiger partial charge is 0.322 e. The Morgan fingerprint density at radius 2 is 1.83 bits per heavy atom. The molecular formula is C22H25FN2O5. The topological polar surface area (TPSA) is 88.1 Å². The molecule has 1 heterocycles. The van der Waals surface area contributed by atoms with Gasteiger partial charge in [-0.15, -0.1) is 0 Å². The number of carboxylic acid groups (broad SMARTS) is 1. The Balaban J connectivity index is 1.96. The Labute approximate surface area is 174 Å². The number of nitrogens with zero attached hydrogens (tertiary/aromatic N) is 1. The molecule has 2 amide bonds. The summed E-state index contributed by atoms with van der Waals surface area (Å²) < 4.78 is 25.3. The molecule has 1 aliphatic heterocycles. The quantitative estimate of drug-likeness (QED) is 0.705. The minimum Gasteiger partial charge on any atom is -0.490 e. The SMILES string of the molecule is CCOc1cc2c(cc1OCC)C(CC(=O)O)N(C(=O)Nc1ccccc1F)CC2. The molecule has 0 aromatic heterocycles. The lowest BCUT2D eigenvalue weighted by molar-refractivity contribution is -0.138. The van der Waals surface area contributed by atoms with Crippen molar-refractivity contribution in [1.82, 2.24) is 4.90 Å². The van der Waals surface area contributed by atoms with E-state index in [1.165, 1.54) is 23.1 Å². The number of anilines is 1. The van der Waals surface area contributed by atoms with Crippen molar-refractivity contribution >= 4 is 17.7 Å². The Morgan fingerprint density at radius 3 is 2.47 bits per heavy atom. The van der Waals surface area contributed by atoms with E-state index in [0.29, 0.717) is 43.2 Å². The fourth-order valence-corrected chi connectivity index (χ4v) is 3.62. The molecule has 1 aliphatic rings. The van der Waals surface area contributed by atoms with Crippen molar-refractivity contribution in [3.8, 4) is 11.5 Å². The number of hydrogen-bond acceptors (Lipinski definition) is 4. The first-order valence-corrected chi connectivity index (χ1v) is 9.90. The number of para-hydroxylation sites is 1. The summed E-state index contributed by atoms with van der Waals surface area (Å²) in [6, 6.07) is 8.18. The molecule has 2 aromatic rings. The Bertz CT molecular complexity index is 934. The second-order valence-corrected chi connectivity index (χ2v) is 6.83. The molecule has 0 saturated heterocycles. The van der Waals surface area contributed by atoms with Crippen LogP contribution in [0.4, 0.5) is 14.9 Å². The third-order valence-electron chi connectivity index (χ3n) is 4.91. The summed E-state index contributed by atoms with van der Waals surface area (Å²) in [5, 5.41) is 12.0. The van der Waals surface area contributed by atoms with Gasteiger partial charge in [0.25, 0.3) is 0 Å². The van der Waals surface area contributed by atoms with Gasteiger partial charge >= 0.3 is 12.0 Å². The van der Waals surface area contributed by atoms with Crippen molar-refractivity contribution in [1.29, 1.82) is 0 Å². The summed E-state index contributed by atoms with van der Waals surface area (Å²) in [7, 11) is 0. The predicted molar refractivity (Wildman–Crippen MR) is 110 cm³/mol.